The van der Waals surface area contributed by atoms with Crippen LogP contribution in [0.4, 0.5) is 24.9 Å². The largest absolute Gasteiger partial charge is 0.465 e. The van der Waals surface area contributed by atoms with E-state index in [2.05, 4.69) is 53.3 Å². The van der Waals surface area contributed by atoms with E-state index in [9.17, 15) is 4.79 Å². The number of hydrogen-bond acceptors (Lipinski definition) is 9. The molecule has 10 nitrogen and oxygen atoms in total. The number of ether oxygens (including phenoxy) is 2. The van der Waals surface area contributed by atoms with Gasteiger partial charge in [-0.2, -0.15) is 28.2 Å². The van der Waals surface area contributed by atoms with Crippen molar-refractivity contribution in [3.8, 4) is 22.7 Å². The molecule has 51 heavy (non-hydrogen) atoms. The number of carbonyl (C=O) groups excluding carboxylic acids is 1. The summed E-state index contributed by atoms with van der Waals surface area (Å²) in [6.45, 7) is 14.1. The summed E-state index contributed by atoms with van der Waals surface area (Å²) in [5.41, 5.74) is 10.4. The van der Waals surface area contributed by atoms with Crippen molar-refractivity contribution in [2.45, 2.75) is 84.5 Å². The number of rotatable bonds is 8. The first-order valence-corrected chi connectivity index (χ1v) is 17.4. The summed E-state index contributed by atoms with van der Waals surface area (Å²) in [5.74, 6) is -0.341. The van der Waals surface area contributed by atoms with E-state index >= 15 is 13.2 Å². The lowest BCUT2D eigenvalue weighted by Gasteiger charge is -2.39. The number of carbonyl (C=O) groups is 1. The zero-order valence-corrected chi connectivity index (χ0v) is 30.0. The molecule has 2 aliphatic rings. The summed E-state index contributed by atoms with van der Waals surface area (Å²) >= 11 is 0. The molecule has 0 saturated carbocycles. The number of halogens is 3. The summed E-state index contributed by atoms with van der Waals surface area (Å²) in [6, 6.07) is 13.9. The van der Waals surface area contributed by atoms with E-state index in [0.29, 0.717) is 44.2 Å². The molecule has 3 N–H and O–H groups in total. The van der Waals surface area contributed by atoms with E-state index in [-0.39, 0.29) is 45.9 Å². The summed E-state index contributed by atoms with van der Waals surface area (Å²) < 4.78 is 57.5. The first-order chi connectivity index (χ1) is 24.0. The van der Waals surface area contributed by atoms with Gasteiger partial charge in [0.2, 0.25) is 17.9 Å². The predicted molar refractivity (Wildman–Crippen MR) is 190 cm³/mol. The Bertz CT molecular complexity index is 1890. The number of piperidine rings is 1. The molecular weight excluding hydrogens is 659 g/mol. The van der Waals surface area contributed by atoms with E-state index < -0.39 is 12.3 Å². The second-order valence-electron chi connectivity index (χ2n) is 14.9. The smallest absolute Gasteiger partial charge is 0.429 e. The molecule has 2 aliphatic heterocycles. The minimum Gasteiger partial charge on any atom is -0.465 e. The van der Waals surface area contributed by atoms with Gasteiger partial charge in [-0.05, 0) is 79.7 Å². The number of aryl methyl sites for hydroxylation is 2. The van der Waals surface area contributed by atoms with E-state index in [0.717, 1.165) is 35.1 Å². The normalized spacial score (nSPS) is 18.2. The second kappa shape index (κ2) is 13.8. The highest BCUT2D eigenvalue weighted by atomic mass is 19.4. The van der Waals surface area contributed by atoms with Crippen molar-refractivity contribution >= 4 is 17.7 Å². The van der Waals surface area contributed by atoms with Crippen LogP contribution >= 0.6 is 0 Å². The third-order valence-electron chi connectivity index (χ3n) is 9.88. The van der Waals surface area contributed by atoms with E-state index in [1.807, 2.05) is 17.9 Å². The highest BCUT2D eigenvalue weighted by molar-refractivity contribution is 5.76. The Morgan fingerprint density at radius 1 is 1.04 bits per heavy atom. The molecule has 2 atom stereocenters. The first kappa shape index (κ1) is 36.2. The zero-order valence-electron chi connectivity index (χ0n) is 30.0. The number of nitrogens with two attached hydrogens (primary N) is 1. The van der Waals surface area contributed by atoms with Crippen molar-refractivity contribution in [1.29, 1.82) is 0 Å². The SMILES string of the molecule is CCOC(=O)[C@@H]1CC2(CCN(c3cc(O[C@H](c4ccc(-c5cc(C)cc(C(C)(C)C)c5)cc4-n4ccc(C)n4)C(F)(F)F)nc(N)n3)CC2)CN1. The van der Waals surface area contributed by atoms with Gasteiger partial charge in [-0.3, -0.25) is 4.79 Å². The molecule has 2 aromatic heterocycles. The molecular formula is C38H46F3N7O3. The van der Waals surface area contributed by atoms with Crippen LogP contribution in [-0.4, -0.2) is 64.2 Å². The molecule has 0 radical (unpaired) electrons. The first-order valence-electron chi connectivity index (χ1n) is 17.4. The summed E-state index contributed by atoms with van der Waals surface area (Å²) in [5, 5.41) is 7.77. The maximum Gasteiger partial charge on any atom is 0.429 e. The number of nitrogen functional groups attached to an aromatic ring is 1. The van der Waals surface area contributed by atoms with Gasteiger partial charge in [0, 0.05) is 37.5 Å². The molecule has 1 spiro atoms. The molecule has 2 saturated heterocycles. The fourth-order valence-corrected chi connectivity index (χ4v) is 7.07. The lowest BCUT2D eigenvalue weighted by atomic mass is 9.76. The third kappa shape index (κ3) is 7.98. The van der Waals surface area contributed by atoms with Gasteiger partial charge in [0.1, 0.15) is 11.9 Å². The van der Waals surface area contributed by atoms with E-state index in [1.54, 1.807) is 38.2 Å². The van der Waals surface area contributed by atoms with Gasteiger partial charge in [0.05, 0.1) is 18.0 Å². The Balaban J connectivity index is 1.30. The Kier molecular flexibility index (Phi) is 9.79. The third-order valence-corrected chi connectivity index (χ3v) is 9.88. The number of benzene rings is 2. The van der Waals surface area contributed by atoms with Gasteiger partial charge in [-0.25, -0.2) is 4.68 Å². The van der Waals surface area contributed by atoms with Crippen LogP contribution in [0.25, 0.3) is 16.8 Å². The van der Waals surface area contributed by atoms with Gasteiger partial charge >= 0.3 is 12.1 Å². The van der Waals surface area contributed by atoms with Gasteiger partial charge in [0.25, 0.3) is 0 Å². The molecule has 2 aromatic carbocycles. The van der Waals surface area contributed by atoms with Crippen LogP contribution in [0.3, 0.4) is 0 Å². The number of nitrogens with one attached hydrogen (secondary N) is 1. The molecule has 0 bridgehead atoms. The quantitative estimate of drug-likeness (QED) is 0.186. The molecule has 6 rings (SSSR count). The summed E-state index contributed by atoms with van der Waals surface area (Å²) in [7, 11) is 0. The van der Waals surface area contributed by atoms with Crippen LogP contribution in [0.2, 0.25) is 0 Å². The van der Waals surface area contributed by atoms with E-state index in [1.165, 1.54) is 16.8 Å². The van der Waals surface area contributed by atoms with Crippen molar-refractivity contribution in [3.63, 3.8) is 0 Å². The number of esters is 1. The summed E-state index contributed by atoms with van der Waals surface area (Å²) in [4.78, 5) is 22.7. The van der Waals surface area contributed by atoms with Crippen LogP contribution in [-0.2, 0) is 14.9 Å². The maximum atomic E-state index is 15.0. The fourth-order valence-electron chi connectivity index (χ4n) is 7.07. The Morgan fingerprint density at radius 3 is 2.43 bits per heavy atom. The maximum absolute atomic E-state index is 15.0. The zero-order chi connectivity index (χ0) is 36.7. The lowest BCUT2D eigenvalue weighted by molar-refractivity contribution is -0.198. The van der Waals surface area contributed by atoms with Crippen LogP contribution in [0.5, 0.6) is 5.88 Å². The summed E-state index contributed by atoms with van der Waals surface area (Å²) in [6.07, 6.45) is -3.36. The Morgan fingerprint density at radius 2 is 1.78 bits per heavy atom. The second-order valence-corrected chi connectivity index (χ2v) is 14.9. The number of aromatic nitrogens is 4. The Labute approximate surface area is 296 Å². The molecule has 0 amide bonds. The van der Waals surface area contributed by atoms with Gasteiger partial charge in [0.15, 0.2) is 0 Å². The molecule has 0 unspecified atom stereocenters. The lowest BCUT2D eigenvalue weighted by Crippen LogP contribution is -2.41. The van der Waals surface area contributed by atoms with Crippen LogP contribution in [0, 0.1) is 19.3 Å². The van der Waals surface area contributed by atoms with Crippen LogP contribution < -0.4 is 20.7 Å². The number of alkyl halides is 3. The number of anilines is 2. The average molecular weight is 706 g/mol. The minimum absolute atomic E-state index is 0.0760. The topological polar surface area (TPSA) is 120 Å². The van der Waals surface area contributed by atoms with Gasteiger partial charge in [-0.1, -0.05) is 56.7 Å². The number of hydrogen-bond donors (Lipinski definition) is 2. The predicted octanol–water partition coefficient (Wildman–Crippen LogP) is 7.02. The van der Waals surface area contributed by atoms with Crippen molar-refractivity contribution in [3.05, 3.63) is 77.1 Å². The Hall–Kier alpha value is -4.65. The monoisotopic (exact) mass is 705 g/mol. The van der Waals surface area contributed by atoms with Crippen molar-refractivity contribution in [2.75, 3.05) is 36.9 Å². The van der Waals surface area contributed by atoms with Crippen molar-refractivity contribution in [2.24, 2.45) is 5.41 Å². The minimum atomic E-state index is -4.82. The standard InChI is InChI=1S/C38H46F3N7O3/c1-7-50-34(49)29-21-37(22-43-29)11-14-47(15-12-37)31-20-32(45-35(42)44-31)51-33(38(39,40)41)28-9-8-25(19-30(28)48-13-10-24(3)46-48)26-16-23(2)17-27(18-26)36(4,5)6/h8-10,13,16-20,29,33,43H,7,11-12,14-15,21-22H2,1-6H3,(H2,42,44,45)/t29-,33+/m0/s1. The van der Waals surface area contributed by atoms with Crippen molar-refractivity contribution in [1.82, 2.24) is 25.1 Å². The molecule has 4 aromatic rings. The van der Waals surface area contributed by atoms with Gasteiger partial charge in [-0.15, -0.1) is 0 Å². The van der Waals surface area contributed by atoms with E-state index in [4.69, 9.17) is 15.2 Å². The fraction of sp³-hybridized carbons (Fsp3) is 0.474. The van der Waals surface area contributed by atoms with Crippen LogP contribution in [0.15, 0.2) is 54.7 Å². The van der Waals surface area contributed by atoms with Gasteiger partial charge < -0.3 is 25.4 Å². The highest BCUT2D eigenvalue weighted by Crippen LogP contribution is 2.43. The molecule has 2 fully saturated rings. The molecule has 272 valence electrons. The average Bonchev–Trinajstić information content (AvgIpc) is 3.69. The number of nitrogens with zero attached hydrogens (tertiary/aromatic N) is 5. The van der Waals surface area contributed by atoms with Crippen LogP contribution in [0.1, 0.15) is 75.4 Å². The molecule has 13 heteroatoms. The highest BCUT2D eigenvalue weighted by Gasteiger charge is 2.46. The molecule has 4 heterocycles. The molecule has 0 aliphatic carbocycles. The van der Waals surface area contributed by atoms with Crippen molar-refractivity contribution < 1.29 is 27.4 Å².